The number of benzene rings is 1. The van der Waals surface area contributed by atoms with Gasteiger partial charge in [-0.05, 0) is 18.2 Å². The van der Waals surface area contributed by atoms with Gasteiger partial charge in [-0.15, -0.1) is 0 Å². The molecule has 0 bridgehead atoms. The summed E-state index contributed by atoms with van der Waals surface area (Å²) in [6.07, 6.45) is 0. The molecule has 0 unspecified atom stereocenters. The van der Waals surface area contributed by atoms with E-state index in [1.165, 1.54) is 0 Å². The van der Waals surface area contributed by atoms with Gasteiger partial charge in [-0.2, -0.15) is 4.98 Å². The summed E-state index contributed by atoms with van der Waals surface area (Å²) in [5, 5.41) is 11.8. The highest BCUT2D eigenvalue weighted by molar-refractivity contribution is 5.92. The first-order valence-electron chi connectivity index (χ1n) is 5.51. The van der Waals surface area contributed by atoms with E-state index in [4.69, 9.17) is 19.0 Å². The van der Waals surface area contributed by atoms with Gasteiger partial charge < -0.3 is 24.3 Å². The number of fused-ring (bicyclic) bond motifs is 1. The van der Waals surface area contributed by atoms with E-state index in [2.05, 4.69) is 10.3 Å². The van der Waals surface area contributed by atoms with Crippen LogP contribution in [0.4, 0.5) is 6.01 Å². The number of oxazole rings is 1. The molecule has 0 aliphatic carbocycles. The third-order valence-electron chi connectivity index (χ3n) is 2.68. The Morgan fingerprint density at radius 2 is 2.16 bits per heavy atom. The SMILES string of the molecule is CNc1nc(-c2ccc3c(c2)OCO3)c(C(=O)O)o1. The first-order valence-corrected chi connectivity index (χ1v) is 5.51. The first-order chi connectivity index (χ1) is 9.19. The Labute approximate surface area is 107 Å². The lowest BCUT2D eigenvalue weighted by atomic mass is 10.1. The molecule has 1 aliphatic rings. The third-order valence-corrected chi connectivity index (χ3v) is 2.68. The standard InChI is InChI=1S/C12H10N2O5/c1-13-12-14-9(10(19-12)11(15)16)6-2-3-7-8(4-6)18-5-17-7/h2-4H,5H2,1H3,(H,13,14)(H,15,16). The molecule has 0 spiro atoms. The van der Waals surface area contributed by atoms with E-state index in [9.17, 15) is 4.79 Å². The number of carboxylic acids is 1. The number of rotatable bonds is 3. The second-order valence-corrected chi connectivity index (χ2v) is 3.82. The Bertz CT molecular complexity index is 650. The Morgan fingerprint density at radius 1 is 1.37 bits per heavy atom. The minimum Gasteiger partial charge on any atom is -0.475 e. The molecule has 1 aliphatic heterocycles. The van der Waals surface area contributed by atoms with Crippen LogP contribution in [0.5, 0.6) is 11.5 Å². The molecule has 0 amide bonds. The van der Waals surface area contributed by atoms with Crippen molar-refractivity contribution in [3.05, 3.63) is 24.0 Å². The van der Waals surface area contributed by atoms with Crippen molar-refractivity contribution in [3.8, 4) is 22.8 Å². The molecular weight excluding hydrogens is 252 g/mol. The van der Waals surface area contributed by atoms with Gasteiger partial charge in [-0.25, -0.2) is 4.79 Å². The summed E-state index contributed by atoms with van der Waals surface area (Å²) in [5.74, 6) is -0.217. The zero-order valence-corrected chi connectivity index (χ0v) is 9.97. The highest BCUT2D eigenvalue weighted by Gasteiger charge is 2.22. The minimum absolute atomic E-state index is 0.144. The molecule has 2 heterocycles. The number of aromatic nitrogens is 1. The van der Waals surface area contributed by atoms with E-state index >= 15 is 0 Å². The molecule has 2 N–H and O–H groups in total. The van der Waals surface area contributed by atoms with Crippen molar-refractivity contribution < 1.29 is 23.8 Å². The van der Waals surface area contributed by atoms with Crippen LogP contribution in [0.25, 0.3) is 11.3 Å². The summed E-state index contributed by atoms with van der Waals surface area (Å²) in [6, 6.07) is 5.23. The van der Waals surface area contributed by atoms with Crippen LogP contribution in [-0.2, 0) is 0 Å². The second kappa shape index (κ2) is 4.20. The van der Waals surface area contributed by atoms with Crippen molar-refractivity contribution in [1.82, 2.24) is 4.98 Å². The number of ether oxygens (including phenoxy) is 2. The Balaban J connectivity index is 2.10. The van der Waals surface area contributed by atoms with Gasteiger partial charge in [0, 0.05) is 12.6 Å². The fourth-order valence-electron chi connectivity index (χ4n) is 1.81. The number of anilines is 1. The lowest BCUT2D eigenvalue weighted by Gasteiger charge is -2.00. The molecule has 1 aromatic heterocycles. The summed E-state index contributed by atoms with van der Waals surface area (Å²) in [5.41, 5.74) is 0.835. The molecule has 0 saturated heterocycles. The monoisotopic (exact) mass is 262 g/mol. The number of carbonyl (C=O) groups is 1. The van der Waals surface area contributed by atoms with Crippen LogP contribution < -0.4 is 14.8 Å². The molecule has 2 aromatic rings. The highest BCUT2D eigenvalue weighted by atomic mass is 16.7. The zero-order valence-electron chi connectivity index (χ0n) is 9.97. The molecule has 98 valence electrons. The van der Waals surface area contributed by atoms with Gasteiger partial charge in [0.2, 0.25) is 12.6 Å². The molecule has 3 rings (SSSR count). The molecule has 1 aromatic carbocycles. The van der Waals surface area contributed by atoms with Crippen LogP contribution >= 0.6 is 0 Å². The number of hydrogen-bond donors (Lipinski definition) is 2. The Kier molecular flexibility index (Phi) is 2.52. The number of carboxylic acid groups (broad SMARTS) is 1. The topological polar surface area (TPSA) is 93.8 Å². The summed E-state index contributed by atoms with van der Waals surface area (Å²) >= 11 is 0. The van der Waals surface area contributed by atoms with Gasteiger partial charge in [0.1, 0.15) is 5.69 Å². The summed E-state index contributed by atoms with van der Waals surface area (Å²) in [7, 11) is 1.60. The number of nitrogens with zero attached hydrogens (tertiary/aromatic N) is 1. The molecular formula is C12H10N2O5. The largest absolute Gasteiger partial charge is 0.475 e. The van der Waals surface area contributed by atoms with Crippen molar-refractivity contribution >= 4 is 12.0 Å². The van der Waals surface area contributed by atoms with Crippen molar-refractivity contribution in [3.63, 3.8) is 0 Å². The van der Waals surface area contributed by atoms with Crippen molar-refractivity contribution in [2.45, 2.75) is 0 Å². The van der Waals surface area contributed by atoms with Crippen LogP contribution in [0.2, 0.25) is 0 Å². The van der Waals surface area contributed by atoms with E-state index in [0.717, 1.165) is 0 Å². The van der Waals surface area contributed by atoms with Crippen molar-refractivity contribution in [2.24, 2.45) is 0 Å². The Hall–Kier alpha value is -2.70. The molecule has 0 saturated carbocycles. The first kappa shape index (κ1) is 11.4. The normalized spacial score (nSPS) is 12.5. The maximum atomic E-state index is 11.1. The van der Waals surface area contributed by atoms with E-state index in [0.29, 0.717) is 17.1 Å². The van der Waals surface area contributed by atoms with Gasteiger partial charge in [0.25, 0.3) is 6.01 Å². The molecule has 7 nitrogen and oxygen atoms in total. The van der Waals surface area contributed by atoms with Crippen molar-refractivity contribution in [2.75, 3.05) is 19.2 Å². The van der Waals surface area contributed by atoms with Crippen molar-refractivity contribution in [1.29, 1.82) is 0 Å². The van der Waals surface area contributed by atoms with Crippen LogP contribution in [0.1, 0.15) is 10.6 Å². The average molecular weight is 262 g/mol. The lowest BCUT2D eigenvalue weighted by Crippen LogP contribution is -1.96. The van der Waals surface area contributed by atoms with Crippen LogP contribution in [0, 0.1) is 0 Å². The fourth-order valence-corrected chi connectivity index (χ4v) is 1.81. The summed E-state index contributed by atoms with van der Waals surface area (Å²) in [6.45, 7) is 0.158. The maximum Gasteiger partial charge on any atom is 0.374 e. The van der Waals surface area contributed by atoms with Gasteiger partial charge in [-0.3, -0.25) is 0 Å². The molecule has 0 atom stereocenters. The predicted octanol–water partition coefficient (Wildman–Crippen LogP) is 1.81. The molecule has 7 heteroatoms. The van der Waals surface area contributed by atoms with E-state index in [1.54, 1.807) is 25.2 Å². The number of aromatic carboxylic acids is 1. The second-order valence-electron chi connectivity index (χ2n) is 3.82. The summed E-state index contributed by atoms with van der Waals surface area (Å²) < 4.78 is 15.6. The summed E-state index contributed by atoms with van der Waals surface area (Å²) in [4.78, 5) is 15.2. The van der Waals surface area contributed by atoms with Crippen LogP contribution in [0.3, 0.4) is 0 Å². The predicted molar refractivity (Wildman–Crippen MR) is 64.6 cm³/mol. The third kappa shape index (κ3) is 1.85. The van der Waals surface area contributed by atoms with Gasteiger partial charge in [0.15, 0.2) is 11.5 Å². The quantitative estimate of drug-likeness (QED) is 0.871. The fraction of sp³-hybridized carbons (Fsp3) is 0.167. The van der Waals surface area contributed by atoms with Gasteiger partial charge >= 0.3 is 5.97 Å². The molecule has 0 fully saturated rings. The maximum absolute atomic E-state index is 11.1. The van der Waals surface area contributed by atoms with Gasteiger partial charge in [-0.1, -0.05) is 0 Å². The number of hydrogen-bond acceptors (Lipinski definition) is 6. The van der Waals surface area contributed by atoms with E-state index in [1.807, 2.05) is 0 Å². The highest BCUT2D eigenvalue weighted by Crippen LogP contribution is 2.37. The van der Waals surface area contributed by atoms with E-state index < -0.39 is 5.97 Å². The zero-order chi connectivity index (χ0) is 13.4. The van der Waals surface area contributed by atoms with E-state index in [-0.39, 0.29) is 24.3 Å². The molecule has 19 heavy (non-hydrogen) atoms. The number of nitrogens with one attached hydrogen (secondary N) is 1. The average Bonchev–Trinajstić information content (AvgIpc) is 3.04. The van der Waals surface area contributed by atoms with Gasteiger partial charge in [0.05, 0.1) is 0 Å². The smallest absolute Gasteiger partial charge is 0.374 e. The van der Waals surface area contributed by atoms with Crippen LogP contribution in [0.15, 0.2) is 22.6 Å². The Morgan fingerprint density at radius 3 is 2.89 bits per heavy atom. The van der Waals surface area contributed by atoms with Crippen LogP contribution in [-0.4, -0.2) is 29.9 Å². The molecule has 0 radical (unpaired) electrons. The lowest BCUT2D eigenvalue weighted by molar-refractivity contribution is 0.0665. The minimum atomic E-state index is -1.18.